The molecule has 0 radical (unpaired) electrons. The van der Waals surface area contributed by atoms with Crippen LogP contribution in [0.4, 0.5) is 0 Å². The summed E-state index contributed by atoms with van der Waals surface area (Å²) in [6, 6.07) is 0. The van der Waals surface area contributed by atoms with E-state index in [9.17, 15) is 14.1 Å². The molecule has 0 spiro atoms. The van der Waals surface area contributed by atoms with Gasteiger partial charge in [0.25, 0.3) is 5.91 Å². The van der Waals surface area contributed by atoms with Gasteiger partial charge in [0.2, 0.25) is 0 Å². The van der Waals surface area contributed by atoms with Crippen molar-refractivity contribution in [2.75, 3.05) is 17.4 Å². The number of hydrogen-bond acceptors (Lipinski definition) is 5. The van der Waals surface area contributed by atoms with Crippen LogP contribution in [0.25, 0.3) is 0 Å². The Morgan fingerprint density at radius 2 is 2.24 bits per heavy atom. The fraction of sp³-hybridized carbons (Fsp3) is 0.667. The molecule has 0 saturated carbocycles. The maximum absolute atomic E-state index is 11.3. The second kappa shape index (κ2) is 6.83. The predicted molar refractivity (Wildman–Crippen MR) is 63.1 cm³/mol. The normalized spacial score (nSPS) is 17.4. The molecule has 1 saturated heterocycles. The third kappa shape index (κ3) is 4.53. The van der Waals surface area contributed by atoms with Gasteiger partial charge in [0.1, 0.15) is 17.3 Å². The van der Waals surface area contributed by atoms with Gasteiger partial charge in [0.15, 0.2) is 0 Å². The van der Waals surface area contributed by atoms with E-state index in [1.807, 2.05) is 0 Å². The van der Waals surface area contributed by atoms with Gasteiger partial charge in [-0.3, -0.25) is 10.2 Å². The first kappa shape index (κ1) is 14.3. The molecule has 6 nitrogen and oxygen atoms in total. The van der Waals surface area contributed by atoms with E-state index in [1.165, 1.54) is 0 Å². The van der Waals surface area contributed by atoms with Gasteiger partial charge in [-0.1, -0.05) is 11.2 Å². The van der Waals surface area contributed by atoms with Crippen molar-refractivity contribution in [3.8, 4) is 0 Å². The molecule has 96 valence electrons. The van der Waals surface area contributed by atoms with Gasteiger partial charge < -0.3 is 9.39 Å². The summed E-state index contributed by atoms with van der Waals surface area (Å²) in [5.74, 6) is -0.325. The van der Waals surface area contributed by atoms with E-state index in [0.29, 0.717) is 10.8 Å². The van der Waals surface area contributed by atoms with Crippen LogP contribution in [0.1, 0.15) is 19.3 Å². The highest BCUT2D eigenvalue weighted by Gasteiger charge is 2.30. The van der Waals surface area contributed by atoms with Crippen LogP contribution in [-0.4, -0.2) is 44.7 Å². The standard InChI is InChI=1S/C9H13ClN2O4S/c10-4-6-17(15)5-3-9(14)16-12-7(11)1-2-8(12)13/h11H,1-6H2. The number of amides is 1. The monoisotopic (exact) mass is 280 g/mol. The minimum Gasteiger partial charge on any atom is -0.616 e. The topological polar surface area (TPSA) is 93.5 Å². The Morgan fingerprint density at radius 3 is 2.76 bits per heavy atom. The predicted octanol–water partition coefficient (Wildman–Crippen LogP) is 0.422. The number of carbonyl (C=O) groups excluding carboxylic acids is 2. The van der Waals surface area contributed by atoms with Crippen molar-refractivity contribution in [1.29, 1.82) is 5.41 Å². The number of rotatable bonds is 6. The first-order chi connectivity index (χ1) is 8.04. The molecule has 0 aromatic heterocycles. The zero-order valence-electron chi connectivity index (χ0n) is 9.11. The Morgan fingerprint density at radius 1 is 1.53 bits per heavy atom. The molecular formula is C9H13ClN2O4S. The van der Waals surface area contributed by atoms with Crippen molar-refractivity contribution < 1.29 is 19.0 Å². The molecule has 8 heteroatoms. The molecule has 1 heterocycles. The largest absolute Gasteiger partial charge is 0.616 e. The maximum atomic E-state index is 11.3. The summed E-state index contributed by atoms with van der Waals surface area (Å²) >= 11 is 4.25. The number of halogens is 1. The average Bonchev–Trinajstić information content (AvgIpc) is 2.58. The third-order valence-electron chi connectivity index (χ3n) is 2.08. The van der Waals surface area contributed by atoms with Crippen molar-refractivity contribution in [3.63, 3.8) is 0 Å². The van der Waals surface area contributed by atoms with E-state index in [-0.39, 0.29) is 36.7 Å². The molecule has 1 amide bonds. The minimum atomic E-state index is -1.15. The Bertz CT molecular complexity index is 310. The van der Waals surface area contributed by atoms with Gasteiger partial charge in [-0.25, -0.2) is 4.79 Å². The second-order valence-corrected chi connectivity index (χ2v) is 5.46. The van der Waals surface area contributed by atoms with Crippen LogP contribution >= 0.6 is 11.6 Å². The van der Waals surface area contributed by atoms with E-state index in [0.717, 1.165) is 0 Å². The van der Waals surface area contributed by atoms with Gasteiger partial charge in [-0.05, 0) is 0 Å². The Balaban J connectivity index is 2.29. The quantitative estimate of drug-likeness (QED) is 0.564. The van der Waals surface area contributed by atoms with Gasteiger partial charge in [-0.15, -0.1) is 16.7 Å². The molecule has 1 fully saturated rings. The molecular weight excluding hydrogens is 268 g/mol. The lowest BCUT2D eigenvalue weighted by Crippen LogP contribution is -2.32. The van der Waals surface area contributed by atoms with E-state index < -0.39 is 23.1 Å². The summed E-state index contributed by atoms with van der Waals surface area (Å²) in [7, 11) is 0. The first-order valence-electron chi connectivity index (χ1n) is 5.06. The second-order valence-electron chi connectivity index (χ2n) is 3.39. The fourth-order valence-corrected chi connectivity index (χ4v) is 2.50. The number of amidine groups is 1. The minimum absolute atomic E-state index is 0.0229. The molecule has 17 heavy (non-hydrogen) atoms. The summed E-state index contributed by atoms with van der Waals surface area (Å²) in [6.45, 7) is 0. The van der Waals surface area contributed by atoms with E-state index in [4.69, 9.17) is 21.8 Å². The van der Waals surface area contributed by atoms with E-state index >= 15 is 0 Å². The Labute approximate surface area is 107 Å². The van der Waals surface area contributed by atoms with E-state index in [2.05, 4.69) is 0 Å². The summed E-state index contributed by atoms with van der Waals surface area (Å²) in [6.07, 6.45) is 0.412. The Kier molecular flexibility index (Phi) is 5.73. The van der Waals surface area contributed by atoms with Crippen LogP contribution in [0.5, 0.6) is 0 Å². The molecule has 1 unspecified atom stereocenters. The number of carbonyl (C=O) groups is 2. The highest BCUT2D eigenvalue weighted by atomic mass is 35.5. The Hall–Kier alpha value is -0.790. The molecule has 0 aromatic rings. The SMILES string of the molecule is N=C1CCC(=O)N1OC(=O)CC[S+]([O-])CCCl. The molecule has 1 aliphatic rings. The molecule has 1 aliphatic heterocycles. The van der Waals surface area contributed by atoms with Gasteiger partial charge in [-0.2, -0.15) is 0 Å². The number of hydrogen-bond donors (Lipinski definition) is 1. The third-order valence-corrected chi connectivity index (χ3v) is 3.81. The summed E-state index contributed by atoms with van der Waals surface area (Å²) in [5, 5.41) is 8.06. The van der Waals surface area contributed by atoms with Crippen LogP contribution in [0.2, 0.25) is 0 Å². The lowest BCUT2D eigenvalue weighted by atomic mass is 10.4. The van der Waals surface area contributed by atoms with Crippen molar-refractivity contribution >= 4 is 40.5 Å². The summed E-state index contributed by atoms with van der Waals surface area (Å²) < 4.78 is 11.2. The van der Waals surface area contributed by atoms with Crippen molar-refractivity contribution in [2.24, 2.45) is 0 Å². The number of nitrogens with zero attached hydrogens (tertiary/aromatic N) is 1. The maximum Gasteiger partial charge on any atom is 0.337 e. The number of hydroxylamine groups is 2. The van der Waals surface area contributed by atoms with Gasteiger partial charge >= 0.3 is 5.97 Å². The van der Waals surface area contributed by atoms with Crippen molar-refractivity contribution in [2.45, 2.75) is 19.3 Å². The molecule has 1 N–H and O–H groups in total. The number of alkyl halides is 1. The number of nitrogens with one attached hydrogen (secondary N) is 1. The van der Waals surface area contributed by atoms with Crippen LogP contribution in [0.15, 0.2) is 0 Å². The molecule has 0 aromatic carbocycles. The van der Waals surface area contributed by atoms with Crippen molar-refractivity contribution in [1.82, 2.24) is 5.06 Å². The lowest BCUT2D eigenvalue weighted by molar-refractivity contribution is -0.180. The lowest BCUT2D eigenvalue weighted by Gasteiger charge is -2.14. The summed E-state index contributed by atoms with van der Waals surface area (Å²) in [4.78, 5) is 27.2. The molecule has 1 atom stereocenters. The average molecular weight is 281 g/mol. The molecule has 1 rings (SSSR count). The van der Waals surface area contributed by atoms with Gasteiger partial charge in [0, 0.05) is 12.8 Å². The fourth-order valence-electron chi connectivity index (χ4n) is 1.22. The highest BCUT2D eigenvalue weighted by Crippen LogP contribution is 2.13. The van der Waals surface area contributed by atoms with Crippen molar-refractivity contribution in [3.05, 3.63) is 0 Å². The molecule has 0 bridgehead atoms. The van der Waals surface area contributed by atoms with Crippen LogP contribution in [0, 0.1) is 5.41 Å². The van der Waals surface area contributed by atoms with Gasteiger partial charge in [0.05, 0.1) is 12.3 Å². The van der Waals surface area contributed by atoms with Crippen LogP contribution < -0.4 is 0 Å². The zero-order chi connectivity index (χ0) is 12.8. The molecule has 0 aliphatic carbocycles. The highest BCUT2D eigenvalue weighted by molar-refractivity contribution is 7.91. The van der Waals surface area contributed by atoms with Crippen LogP contribution in [-0.2, 0) is 25.6 Å². The first-order valence-corrected chi connectivity index (χ1v) is 7.09. The zero-order valence-corrected chi connectivity index (χ0v) is 10.7. The van der Waals surface area contributed by atoms with Crippen LogP contribution in [0.3, 0.4) is 0 Å². The summed E-state index contributed by atoms with van der Waals surface area (Å²) in [5.41, 5.74) is 0. The smallest absolute Gasteiger partial charge is 0.337 e. The van der Waals surface area contributed by atoms with E-state index in [1.54, 1.807) is 0 Å².